The Morgan fingerprint density at radius 3 is 2.46 bits per heavy atom. The summed E-state index contributed by atoms with van der Waals surface area (Å²) < 4.78 is 40.7. The normalized spacial score (nSPS) is 29.5. The van der Waals surface area contributed by atoms with E-state index in [0.29, 0.717) is 6.42 Å². The van der Waals surface area contributed by atoms with Crippen LogP contribution in [0, 0.1) is 0 Å². The Kier molecular flexibility index (Phi) is 4.98. The molecule has 0 bridgehead atoms. The lowest BCUT2D eigenvalue weighted by Crippen LogP contribution is -2.47. The molecule has 0 aromatic rings. The summed E-state index contributed by atoms with van der Waals surface area (Å²) in [6, 6.07) is -0.287. The molecule has 13 heavy (non-hydrogen) atoms. The number of alkyl halides is 3. The molecule has 1 aliphatic heterocycles. The number of ether oxygens (including phenoxy) is 1. The maximum absolute atomic E-state index is 12.1. The van der Waals surface area contributed by atoms with Crippen LogP contribution in [0.4, 0.5) is 13.2 Å². The quantitative estimate of drug-likeness (QED) is 0.512. The van der Waals surface area contributed by atoms with Gasteiger partial charge in [-0.15, -0.1) is 12.4 Å². The summed E-state index contributed by atoms with van der Waals surface area (Å²) in [7, 11) is 0. The molecule has 1 fully saturated rings. The summed E-state index contributed by atoms with van der Waals surface area (Å²) >= 11 is 0. The van der Waals surface area contributed by atoms with Crippen molar-refractivity contribution in [3.8, 4) is 0 Å². The van der Waals surface area contributed by atoms with Crippen molar-refractivity contribution < 1.29 is 17.9 Å². The molecule has 1 aliphatic rings. The van der Waals surface area contributed by atoms with Gasteiger partial charge in [0.1, 0.15) is 0 Å². The van der Waals surface area contributed by atoms with Gasteiger partial charge in [0.15, 0.2) is 6.10 Å². The summed E-state index contributed by atoms with van der Waals surface area (Å²) in [5, 5.41) is 0. The van der Waals surface area contributed by atoms with Gasteiger partial charge in [-0.2, -0.15) is 13.2 Å². The molecule has 80 valence electrons. The molecule has 1 saturated heterocycles. The second kappa shape index (κ2) is 4.99. The lowest BCUT2D eigenvalue weighted by molar-refractivity contribution is -0.232. The Bertz CT molecular complexity index is 155. The monoisotopic (exact) mass is 220 g/mol. The first-order valence-corrected chi connectivity index (χ1v) is 3.68. The van der Waals surface area contributed by atoms with E-state index in [0.717, 1.165) is 0 Å². The summed E-state index contributed by atoms with van der Waals surface area (Å²) in [5.74, 6) is 5.04. The van der Waals surface area contributed by atoms with E-state index in [-0.39, 0.29) is 31.5 Å². The number of halogens is 4. The first-order chi connectivity index (χ1) is 5.54. The summed E-state index contributed by atoms with van der Waals surface area (Å²) in [4.78, 5) is 0. The fourth-order valence-electron chi connectivity index (χ4n) is 1.18. The molecule has 0 aromatic carbocycles. The van der Waals surface area contributed by atoms with E-state index >= 15 is 0 Å². The van der Waals surface area contributed by atoms with Crippen LogP contribution < -0.4 is 11.3 Å². The number of rotatable bonds is 1. The van der Waals surface area contributed by atoms with Crippen molar-refractivity contribution in [1.82, 2.24) is 5.43 Å². The summed E-state index contributed by atoms with van der Waals surface area (Å²) in [6.07, 6.45) is -5.49. The molecule has 0 spiro atoms. The van der Waals surface area contributed by atoms with E-state index in [9.17, 15) is 13.2 Å². The smallest absolute Gasteiger partial charge is 0.369 e. The fraction of sp³-hybridized carbons (Fsp3) is 1.00. The highest BCUT2D eigenvalue weighted by Crippen LogP contribution is 2.29. The molecule has 0 radical (unpaired) electrons. The average Bonchev–Trinajstić information content (AvgIpc) is 2.03. The Balaban J connectivity index is 0.00000144. The summed E-state index contributed by atoms with van der Waals surface area (Å²) in [6.45, 7) is 0.110. The molecule has 0 aliphatic carbocycles. The molecule has 3 N–H and O–H groups in total. The third-order valence-electron chi connectivity index (χ3n) is 1.88. The van der Waals surface area contributed by atoms with Gasteiger partial charge in [0.2, 0.25) is 0 Å². The molecule has 1 heterocycles. The molecule has 0 amide bonds. The third kappa shape index (κ3) is 3.68. The molecule has 2 atom stereocenters. The van der Waals surface area contributed by atoms with Crippen LogP contribution in [0.1, 0.15) is 12.8 Å². The van der Waals surface area contributed by atoms with E-state index in [1.807, 2.05) is 0 Å². The Labute approximate surface area is 80.2 Å². The van der Waals surface area contributed by atoms with Crippen LogP contribution in [-0.2, 0) is 4.74 Å². The van der Waals surface area contributed by atoms with Crippen molar-refractivity contribution in [2.75, 3.05) is 6.61 Å². The van der Waals surface area contributed by atoms with Crippen LogP contribution in [0.25, 0.3) is 0 Å². The molecule has 1 rings (SSSR count). The third-order valence-corrected chi connectivity index (χ3v) is 1.88. The number of nitrogens with one attached hydrogen (secondary N) is 1. The second-order valence-corrected chi connectivity index (χ2v) is 2.79. The van der Waals surface area contributed by atoms with E-state index < -0.39 is 12.3 Å². The van der Waals surface area contributed by atoms with Crippen molar-refractivity contribution in [2.24, 2.45) is 5.84 Å². The zero-order valence-electron chi connectivity index (χ0n) is 6.80. The van der Waals surface area contributed by atoms with E-state index in [1.54, 1.807) is 0 Å². The van der Waals surface area contributed by atoms with Gasteiger partial charge in [0.05, 0.1) is 0 Å². The minimum atomic E-state index is -4.27. The predicted octanol–water partition coefficient (Wildman–Crippen LogP) is 0.981. The van der Waals surface area contributed by atoms with Crippen molar-refractivity contribution in [3.63, 3.8) is 0 Å². The minimum Gasteiger partial charge on any atom is -0.369 e. The second-order valence-electron chi connectivity index (χ2n) is 2.79. The molecule has 0 saturated carbocycles. The maximum Gasteiger partial charge on any atom is 0.414 e. The van der Waals surface area contributed by atoms with E-state index in [2.05, 4.69) is 10.2 Å². The fourth-order valence-corrected chi connectivity index (χ4v) is 1.18. The lowest BCUT2D eigenvalue weighted by Gasteiger charge is -2.30. The van der Waals surface area contributed by atoms with Gasteiger partial charge < -0.3 is 4.74 Å². The zero-order chi connectivity index (χ0) is 9.19. The van der Waals surface area contributed by atoms with Crippen LogP contribution in [0.2, 0.25) is 0 Å². The van der Waals surface area contributed by atoms with Crippen LogP contribution in [0.5, 0.6) is 0 Å². The van der Waals surface area contributed by atoms with Gasteiger partial charge in [-0.1, -0.05) is 0 Å². The highest BCUT2D eigenvalue weighted by molar-refractivity contribution is 5.85. The maximum atomic E-state index is 12.1. The lowest BCUT2D eigenvalue weighted by atomic mass is 10.0. The standard InChI is InChI=1S/C6H11F3N2O.ClH/c7-6(8,9)5-3-4(11-10)1-2-12-5;/h4-5,11H,1-3,10H2;1H. The van der Waals surface area contributed by atoms with Crippen molar-refractivity contribution in [3.05, 3.63) is 0 Å². The molecule has 0 aromatic heterocycles. The van der Waals surface area contributed by atoms with Crippen molar-refractivity contribution in [2.45, 2.75) is 31.2 Å². The minimum absolute atomic E-state index is 0. The molecular weight excluding hydrogens is 209 g/mol. The number of hydrogen-bond acceptors (Lipinski definition) is 3. The zero-order valence-corrected chi connectivity index (χ0v) is 7.62. The van der Waals surface area contributed by atoms with Gasteiger partial charge in [0.25, 0.3) is 0 Å². The van der Waals surface area contributed by atoms with Gasteiger partial charge >= 0.3 is 6.18 Å². The highest BCUT2D eigenvalue weighted by atomic mass is 35.5. The Hall–Kier alpha value is -0.0400. The Morgan fingerprint density at radius 1 is 1.38 bits per heavy atom. The highest BCUT2D eigenvalue weighted by Gasteiger charge is 2.43. The molecule has 3 nitrogen and oxygen atoms in total. The van der Waals surface area contributed by atoms with Crippen molar-refractivity contribution >= 4 is 12.4 Å². The summed E-state index contributed by atoms with van der Waals surface area (Å²) in [5.41, 5.74) is 2.33. The van der Waals surface area contributed by atoms with Crippen LogP contribution >= 0.6 is 12.4 Å². The molecule has 2 unspecified atom stereocenters. The van der Waals surface area contributed by atoms with Gasteiger partial charge in [-0.25, -0.2) is 0 Å². The van der Waals surface area contributed by atoms with E-state index in [4.69, 9.17) is 5.84 Å². The van der Waals surface area contributed by atoms with Gasteiger partial charge in [-0.3, -0.25) is 11.3 Å². The van der Waals surface area contributed by atoms with Gasteiger partial charge in [0, 0.05) is 12.6 Å². The topological polar surface area (TPSA) is 47.3 Å². The Morgan fingerprint density at radius 2 is 2.00 bits per heavy atom. The average molecular weight is 221 g/mol. The van der Waals surface area contributed by atoms with Crippen LogP contribution in [0.15, 0.2) is 0 Å². The molecule has 7 heteroatoms. The largest absolute Gasteiger partial charge is 0.414 e. The first-order valence-electron chi connectivity index (χ1n) is 3.68. The predicted molar refractivity (Wildman–Crippen MR) is 43.4 cm³/mol. The molecular formula is C6H12ClF3N2O. The van der Waals surface area contributed by atoms with Crippen molar-refractivity contribution in [1.29, 1.82) is 0 Å². The van der Waals surface area contributed by atoms with E-state index in [1.165, 1.54) is 0 Å². The number of hydrogen-bond donors (Lipinski definition) is 2. The van der Waals surface area contributed by atoms with Crippen LogP contribution in [-0.4, -0.2) is 24.9 Å². The number of hydrazine groups is 1. The SMILES string of the molecule is Cl.NNC1CCOC(C(F)(F)F)C1. The van der Waals surface area contributed by atoms with Crippen LogP contribution in [0.3, 0.4) is 0 Å². The first kappa shape index (κ1) is 13.0. The number of nitrogens with two attached hydrogens (primary N) is 1. The van der Waals surface area contributed by atoms with Gasteiger partial charge in [-0.05, 0) is 12.8 Å².